The highest BCUT2D eigenvalue weighted by molar-refractivity contribution is 5.11. The first-order valence-electron chi connectivity index (χ1n) is 4.98. The third kappa shape index (κ3) is 2.79. The van der Waals surface area contributed by atoms with E-state index in [0.29, 0.717) is 6.04 Å². The van der Waals surface area contributed by atoms with Crippen LogP contribution in [0.3, 0.4) is 0 Å². The van der Waals surface area contributed by atoms with E-state index >= 15 is 0 Å². The van der Waals surface area contributed by atoms with Crippen molar-refractivity contribution in [1.29, 1.82) is 0 Å². The van der Waals surface area contributed by atoms with Gasteiger partial charge in [0.05, 0.1) is 0 Å². The Labute approximate surface area is 85.2 Å². The minimum atomic E-state index is 0.202. The predicted octanol–water partition coefficient (Wildman–Crippen LogP) is 1.16. The maximum absolute atomic E-state index is 8.99. The average Bonchev–Trinajstić information content (AvgIpc) is 2.26. The number of aromatic nitrogens is 1. The Morgan fingerprint density at radius 1 is 1.50 bits per heavy atom. The molecule has 0 amide bonds. The maximum Gasteiger partial charge on any atom is 0.0450 e. The number of aliphatic hydroxyl groups is 1. The van der Waals surface area contributed by atoms with Crippen LogP contribution in [-0.4, -0.2) is 29.8 Å². The molecule has 0 aliphatic heterocycles. The molecule has 3 heteroatoms. The summed E-state index contributed by atoms with van der Waals surface area (Å²) in [6.07, 6.45) is 2.54. The molecule has 78 valence electrons. The first-order chi connectivity index (χ1) is 6.79. The van der Waals surface area contributed by atoms with Crippen LogP contribution in [0.25, 0.3) is 0 Å². The molecule has 14 heavy (non-hydrogen) atoms. The third-order valence-corrected chi connectivity index (χ3v) is 2.57. The van der Waals surface area contributed by atoms with Crippen molar-refractivity contribution in [3.05, 3.63) is 30.1 Å². The van der Waals surface area contributed by atoms with Gasteiger partial charge >= 0.3 is 0 Å². The number of hydrogen-bond acceptors (Lipinski definition) is 3. The van der Waals surface area contributed by atoms with E-state index in [0.717, 1.165) is 12.1 Å². The Kier molecular flexibility index (Phi) is 4.56. The summed E-state index contributed by atoms with van der Waals surface area (Å²) in [5.74, 6) is 0.284. The van der Waals surface area contributed by atoms with Gasteiger partial charge in [-0.15, -0.1) is 0 Å². The minimum Gasteiger partial charge on any atom is -0.396 e. The van der Waals surface area contributed by atoms with Gasteiger partial charge in [-0.1, -0.05) is 6.07 Å². The van der Waals surface area contributed by atoms with Crippen molar-refractivity contribution in [2.75, 3.05) is 13.7 Å². The standard InChI is InChI=1S/C11H18N2O/c1-9(12-2)10(6-8-14)11-5-3-4-7-13-11/h3-5,7,9-10,12,14H,6,8H2,1-2H3/t9-,10?/m1/s1. The number of rotatable bonds is 5. The molecule has 0 bridgehead atoms. The van der Waals surface area contributed by atoms with Gasteiger partial charge < -0.3 is 10.4 Å². The van der Waals surface area contributed by atoms with Crippen LogP contribution in [0, 0.1) is 0 Å². The molecule has 0 aliphatic carbocycles. The van der Waals surface area contributed by atoms with Gasteiger partial charge in [0.25, 0.3) is 0 Å². The van der Waals surface area contributed by atoms with Crippen LogP contribution in [0.1, 0.15) is 25.0 Å². The first kappa shape index (κ1) is 11.1. The zero-order valence-corrected chi connectivity index (χ0v) is 8.77. The summed E-state index contributed by atoms with van der Waals surface area (Å²) < 4.78 is 0. The van der Waals surface area contributed by atoms with Gasteiger partial charge in [0.1, 0.15) is 0 Å². The van der Waals surface area contributed by atoms with Crippen LogP contribution < -0.4 is 5.32 Å². The summed E-state index contributed by atoms with van der Waals surface area (Å²) in [4.78, 5) is 4.32. The van der Waals surface area contributed by atoms with Gasteiger partial charge in [-0.25, -0.2) is 0 Å². The molecule has 0 spiro atoms. The molecular formula is C11H18N2O. The fourth-order valence-electron chi connectivity index (χ4n) is 1.59. The predicted molar refractivity (Wildman–Crippen MR) is 57.2 cm³/mol. The quantitative estimate of drug-likeness (QED) is 0.739. The van der Waals surface area contributed by atoms with Crippen LogP contribution in [0.5, 0.6) is 0 Å². The maximum atomic E-state index is 8.99. The number of aliphatic hydroxyl groups excluding tert-OH is 1. The molecule has 1 rings (SSSR count). The Hall–Kier alpha value is -0.930. The zero-order chi connectivity index (χ0) is 10.4. The molecule has 1 aromatic rings. The Bertz CT molecular complexity index is 251. The van der Waals surface area contributed by atoms with Gasteiger partial charge in [0.2, 0.25) is 0 Å². The summed E-state index contributed by atoms with van der Waals surface area (Å²) in [6.45, 7) is 2.31. The molecule has 0 radical (unpaired) electrons. The lowest BCUT2D eigenvalue weighted by Gasteiger charge is -2.22. The van der Waals surface area contributed by atoms with E-state index in [1.54, 1.807) is 6.20 Å². The van der Waals surface area contributed by atoms with E-state index in [9.17, 15) is 0 Å². The highest BCUT2D eigenvalue weighted by Gasteiger charge is 2.17. The van der Waals surface area contributed by atoms with Crippen LogP contribution in [0.15, 0.2) is 24.4 Å². The fraction of sp³-hybridized carbons (Fsp3) is 0.545. The third-order valence-electron chi connectivity index (χ3n) is 2.57. The normalized spacial score (nSPS) is 15.1. The second-order valence-corrected chi connectivity index (χ2v) is 3.45. The summed E-state index contributed by atoms with van der Waals surface area (Å²) in [7, 11) is 1.93. The molecular weight excluding hydrogens is 176 g/mol. The van der Waals surface area contributed by atoms with Crippen molar-refractivity contribution in [3.8, 4) is 0 Å². The number of pyridine rings is 1. The van der Waals surface area contributed by atoms with Crippen LogP contribution in [0.4, 0.5) is 0 Å². The number of nitrogens with one attached hydrogen (secondary N) is 1. The minimum absolute atomic E-state index is 0.202. The lowest BCUT2D eigenvalue weighted by molar-refractivity contribution is 0.263. The molecule has 0 saturated carbocycles. The molecule has 0 saturated heterocycles. The average molecular weight is 194 g/mol. The Morgan fingerprint density at radius 2 is 2.29 bits per heavy atom. The van der Waals surface area contributed by atoms with Crippen molar-refractivity contribution in [3.63, 3.8) is 0 Å². The van der Waals surface area contributed by atoms with Gasteiger partial charge in [0.15, 0.2) is 0 Å². The Balaban J connectivity index is 2.77. The lowest BCUT2D eigenvalue weighted by atomic mass is 9.94. The largest absolute Gasteiger partial charge is 0.396 e. The van der Waals surface area contributed by atoms with Crippen LogP contribution in [0.2, 0.25) is 0 Å². The SMILES string of the molecule is CN[C@H](C)C(CCO)c1ccccn1. The second kappa shape index (κ2) is 5.73. The summed E-state index contributed by atoms with van der Waals surface area (Å²) in [5.41, 5.74) is 1.04. The van der Waals surface area contributed by atoms with Gasteiger partial charge in [-0.2, -0.15) is 0 Å². The van der Waals surface area contributed by atoms with E-state index in [2.05, 4.69) is 17.2 Å². The fourth-order valence-corrected chi connectivity index (χ4v) is 1.59. The summed E-state index contributed by atoms with van der Waals surface area (Å²) >= 11 is 0. The molecule has 2 atom stereocenters. The van der Waals surface area contributed by atoms with Crippen molar-refractivity contribution in [2.24, 2.45) is 0 Å². The molecule has 1 unspecified atom stereocenters. The Morgan fingerprint density at radius 3 is 2.79 bits per heavy atom. The smallest absolute Gasteiger partial charge is 0.0450 e. The van der Waals surface area contributed by atoms with E-state index in [1.807, 2.05) is 25.2 Å². The van der Waals surface area contributed by atoms with E-state index in [-0.39, 0.29) is 12.5 Å². The lowest BCUT2D eigenvalue weighted by Crippen LogP contribution is -2.30. The summed E-state index contributed by atoms with van der Waals surface area (Å²) in [5, 5.41) is 12.2. The summed E-state index contributed by atoms with van der Waals surface area (Å²) in [6, 6.07) is 6.23. The van der Waals surface area contributed by atoms with E-state index in [1.165, 1.54) is 0 Å². The van der Waals surface area contributed by atoms with Crippen LogP contribution >= 0.6 is 0 Å². The molecule has 1 heterocycles. The van der Waals surface area contributed by atoms with E-state index in [4.69, 9.17) is 5.11 Å². The highest BCUT2D eigenvalue weighted by atomic mass is 16.3. The molecule has 3 nitrogen and oxygen atoms in total. The van der Waals surface area contributed by atoms with E-state index < -0.39 is 0 Å². The van der Waals surface area contributed by atoms with Gasteiger partial charge in [-0.3, -0.25) is 4.98 Å². The van der Waals surface area contributed by atoms with Gasteiger partial charge in [0, 0.05) is 30.5 Å². The topological polar surface area (TPSA) is 45.1 Å². The molecule has 0 fully saturated rings. The van der Waals surface area contributed by atoms with Crippen molar-refractivity contribution in [2.45, 2.75) is 25.3 Å². The number of likely N-dealkylation sites (N-methyl/N-ethyl adjacent to an activating group) is 1. The monoisotopic (exact) mass is 194 g/mol. The molecule has 2 N–H and O–H groups in total. The number of hydrogen-bond donors (Lipinski definition) is 2. The highest BCUT2D eigenvalue weighted by Crippen LogP contribution is 2.20. The zero-order valence-electron chi connectivity index (χ0n) is 8.77. The first-order valence-corrected chi connectivity index (χ1v) is 4.98. The molecule has 0 aromatic carbocycles. The van der Waals surface area contributed by atoms with Gasteiger partial charge in [-0.05, 0) is 32.5 Å². The van der Waals surface area contributed by atoms with Crippen LogP contribution in [-0.2, 0) is 0 Å². The molecule has 0 aliphatic rings. The van der Waals surface area contributed by atoms with Crippen molar-refractivity contribution in [1.82, 2.24) is 10.3 Å². The second-order valence-electron chi connectivity index (χ2n) is 3.45. The van der Waals surface area contributed by atoms with Crippen molar-refractivity contribution >= 4 is 0 Å². The molecule has 1 aromatic heterocycles. The van der Waals surface area contributed by atoms with Crippen molar-refractivity contribution < 1.29 is 5.11 Å². The number of nitrogens with zero attached hydrogens (tertiary/aromatic N) is 1.